The van der Waals surface area contributed by atoms with Crippen LogP contribution >= 0.6 is 0 Å². The number of nitrogens with zero attached hydrogens (tertiary/aromatic N) is 2. The van der Waals surface area contributed by atoms with Crippen LogP contribution in [0.1, 0.15) is 45.7 Å². The Hall–Kier alpha value is -3.61. The Morgan fingerprint density at radius 2 is 1.83 bits per heavy atom. The SMILES string of the molecule is CCOc1ccc(-c2cc(=O)n(CCNC(=O)C(C)Oc3ccc(C)cc3C(C)(C)C)cn2)cc1. The number of aryl methyl sites for hydroxylation is 1. The number of carbonyl (C=O) groups excluding carboxylic acids is 1. The summed E-state index contributed by atoms with van der Waals surface area (Å²) in [5, 5.41) is 2.85. The van der Waals surface area contributed by atoms with Crippen molar-refractivity contribution in [3.63, 3.8) is 0 Å². The summed E-state index contributed by atoms with van der Waals surface area (Å²) in [4.78, 5) is 29.6. The first-order chi connectivity index (χ1) is 16.6. The molecule has 0 aliphatic carbocycles. The molecule has 1 amide bonds. The quantitative estimate of drug-likeness (QED) is 0.491. The molecule has 1 aromatic heterocycles. The van der Waals surface area contributed by atoms with Gasteiger partial charge in [-0.2, -0.15) is 0 Å². The first-order valence-electron chi connectivity index (χ1n) is 11.9. The Morgan fingerprint density at radius 3 is 2.46 bits per heavy atom. The molecular weight excluding hydrogens is 442 g/mol. The molecule has 0 bridgehead atoms. The van der Waals surface area contributed by atoms with Gasteiger partial charge in [0, 0.05) is 24.7 Å². The Balaban J connectivity index is 1.57. The minimum absolute atomic E-state index is 0.108. The second-order valence-corrected chi connectivity index (χ2v) is 9.56. The predicted octanol–water partition coefficient (Wildman–Crippen LogP) is 4.50. The van der Waals surface area contributed by atoms with Crippen molar-refractivity contribution in [3.05, 3.63) is 76.3 Å². The topological polar surface area (TPSA) is 82.5 Å². The molecule has 1 unspecified atom stereocenters. The van der Waals surface area contributed by atoms with Crippen molar-refractivity contribution in [1.82, 2.24) is 14.9 Å². The molecule has 0 radical (unpaired) electrons. The fraction of sp³-hybridized carbons (Fsp3) is 0.393. The lowest BCUT2D eigenvalue weighted by Gasteiger charge is -2.25. The number of ether oxygens (including phenoxy) is 2. The molecule has 1 N–H and O–H groups in total. The number of benzene rings is 2. The minimum Gasteiger partial charge on any atom is -0.494 e. The van der Waals surface area contributed by atoms with Gasteiger partial charge >= 0.3 is 0 Å². The maximum atomic E-state index is 12.6. The van der Waals surface area contributed by atoms with Crippen LogP contribution in [0.5, 0.6) is 11.5 Å². The number of hydrogen-bond donors (Lipinski definition) is 1. The van der Waals surface area contributed by atoms with Crippen LogP contribution in [0.3, 0.4) is 0 Å². The molecule has 0 fully saturated rings. The van der Waals surface area contributed by atoms with E-state index < -0.39 is 6.10 Å². The van der Waals surface area contributed by atoms with E-state index in [0.29, 0.717) is 24.6 Å². The van der Waals surface area contributed by atoms with Crippen LogP contribution < -0.4 is 20.3 Å². The molecule has 1 atom stereocenters. The van der Waals surface area contributed by atoms with E-state index in [1.807, 2.05) is 50.2 Å². The van der Waals surface area contributed by atoms with Crippen molar-refractivity contribution in [2.45, 2.75) is 59.6 Å². The Kier molecular flexibility index (Phi) is 8.33. The molecule has 0 aliphatic rings. The molecule has 0 saturated carbocycles. The lowest BCUT2D eigenvalue weighted by molar-refractivity contribution is -0.127. The van der Waals surface area contributed by atoms with Gasteiger partial charge in [-0.25, -0.2) is 4.98 Å². The Labute approximate surface area is 207 Å². The monoisotopic (exact) mass is 477 g/mol. The van der Waals surface area contributed by atoms with Crippen molar-refractivity contribution in [2.24, 2.45) is 0 Å². The number of hydrogen-bond acceptors (Lipinski definition) is 5. The summed E-state index contributed by atoms with van der Waals surface area (Å²) in [6.45, 7) is 13.2. The fourth-order valence-corrected chi connectivity index (χ4v) is 3.66. The van der Waals surface area contributed by atoms with Gasteiger partial charge in [-0.05, 0) is 62.1 Å². The highest BCUT2D eigenvalue weighted by molar-refractivity contribution is 5.80. The second kappa shape index (κ2) is 11.2. The summed E-state index contributed by atoms with van der Waals surface area (Å²) >= 11 is 0. The third-order valence-electron chi connectivity index (χ3n) is 5.61. The zero-order valence-corrected chi connectivity index (χ0v) is 21.4. The Morgan fingerprint density at radius 1 is 1.11 bits per heavy atom. The van der Waals surface area contributed by atoms with E-state index in [1.54, 1.807) is 6.92 Å². The molecule has 35 heavy (non-hydrogen) atoms. The molecule has 2 aromatic carbocycles. The van der Waals surface area contributed by atoms with Crippen LogP contribution in [0.15, 0.2) is 59.7 Å². The third kappa shape index (κ3) is 6.94. The van der Waals surface area contributed by atoms with Crippen LogP contribution in [0.2, 0.25) is 0 Å². The standard InChI is InChI=1S/C28H35N3O4/c1-7-34-22-11-9-21(10-12-22)24-17-26(32)31(18-30-24)15-14-29-27(33)20(3)35-25-13-8-19(2)16-23(25)28(4,5)6/h8-13,16-18,20H,7,14-15H2,1-6H3,(H,29,33). The average Bonchev–Trinajstić information content (AvgIpc) is 2.81. The maximum Gasteiger partial charge on any atom is 0.260 e. The lowest BCUT2D eigenvalue weighted by Crippen LogP contribution is -2.39. The molecule has 3 rings (SSSR count). The first-order valence-corrected chi connectivity index (χ1v) is 11.9. The summed E-state index contributed by atoms with van der Waals surface area (Å²) < 4.78 is 12.9. The molecule has 3 aromatic rings. The van der Waals surface area contributed by atoms with Crippen LogP contribution in [0.25, 0.3) is 11.3 Å². The van der Waals surface area contributed by atoms with Gasteiger partial charge in [0.05, 0.1) is 18.6 Å². The number of carbonyl (C=O) groups is 1. The van der Waals surface area contributed by atoms with Gasteiger partial charge in [0.2, 0.25) is 0 Å². The third-order valence-corrected chi connectivity index (χ3v) is 5.61. The van der Waals surface area contributed by atoms with E-state index in [9.17, 15) is 9.59 Å². The molecule has 0 aliphatic heterocycles. The smallest absolute Gasteiger partial charge is 0.260 e. The van der Waals surface area contributed by atoms with Gasteiger partial charge in [-0.3, -0.25) is 14.2 Å². The molecule has 0 spiro atoms. The molecule has 7 nitrogen and oxygen atoms in total. The van der Waals surface area contributed by atoms with Crippen LogP contribution in [0.4, 0.5) is 0 Å². The van der Waals surface area contributed by atoms with Gasteiger partial charge in [0.15, 0.2) is 6.10 Å². The zero-order valence-electron chi connectivity index (χ0n) is 21.4. The molecule has 7 heteroatoms. The van der Waals surface area contributed by atoms with E-state index >= 15 is 0 Å². The number of aromatic nitrogens is 2. The number of amides is 1. The first kappa shape index (κ1) is 26.0. The Bertz CT molecular complexity index is 1210. The van der Waals surface area contributed by atoms with E-state index in [1.165, 1.54) is 17.0 Å². The van der Waals surface area contributed by atoms with Crippen LogP contribution in [-0.2, 0) is 16.8 Å². The summed E-state index contributed by atoms with van der Waals surface area (Å²) in [5.74, 6) is 1.24. The summed E-state index contributed by atoms with van der Waals surface area (Å²) in [5.41, 5.74) is 3.34. The molecular formula is C28H35N3O4. The predicted molar refractivity (Wildman–Crippen MR) is 138 cm³/mol. The minimum atomic E-state index is -0.671. The highest BCUT2D eigenvalue weighted by Crippen LogP contribution is 2.32. The highest BCUT2D eigenvalue weighted by Gasteiger charge is 2.22. The van der Waals surface area contributed by atoms with Crippen molar-refractivity contribution in [1.29, 1.82) is 0 Å². The molecule has 0 saturated heterocycles. The van der Waals surface area contributed by atoms with Crippen LogP contribution in [-0.4, -0.2) is 34.7 Å². The van der Waals surface area contributed by atoms with Crippen molar-refractivity contribution >= 4 is 5.91 Å². The van der Waals surface area contributed by atoms with Gasteiger partial charge in [0.1, 0.15) is 11.5 Å². The number of nitrogens with one attached hydrogen (secondary N) is 1. The average molecular weight is 478 g/mol. The van der Waals surface area contributed by atoms with Gasteiger partial charge < -0.3 is 14.8 Å². The largest absolute Gasteiger partial charge is 0.494 e. The second-order valence-electron chi connectivity index (χ2n) is 9.56. The number of rotatable bonds is 9. The van der Waals surface area contributed by atoms with Crippen molar-refractivity contribution in [3.8, 4) is 22.8 Å². The van der Waals surface area contributed by atoms with Crippen molar-refractivity contribution in [2.75, 3.05) is 13.2 Å². The lowest BCUT2D eigenvalue weighted by atomic mass is 9.85. The van der Waals surface area contributed by atoms with Crippen molar-refractivity contribution < 1.29 is 14.3 Å². The maximum absolute atomic E-state index is 12.6. The summed E-state index contributed by atoms with van der Waals surface area (Å²) in [6.07, 6.45) is 0.831. The van der Waals surface area contributed by atoms with Gasteiger partial charge in [0.25, 0.3) is 11.5 Å². The zero-order chi connectivity index (χ0) is 25.6. The summed E-state index contributed by atoms with van der Waals surface area (Å²) in [7, 11) is 0. The van der Waals surface area contributed by atoms with Crippen LogP contribution in [0, 0.1) is 6.92 Å². The molecule has 1 heterocycles. The van der Waals surface area contributed by atoms with Gasteiger partial charge in [-0.15, -0.1) is 0 Å². The highest BCUT2D eigenvalue weighted by atomic mass is 16.5. The molecule has 186 valence electrons. The van der Waals surface area contributed by atoms with E-state index in [4.69, 9.17) is 9.47 Å². The van der Waals surface area contributed by atoms with E-state index in [-0.39, 0.29) is 23.4 Å². The normalized spacial score (nSPS) is 12.2. The van der Waals surface area contributed by atoms with E-state index in [0.717, 1.165) is 22.4 Å². The fourth-order valence-electron chi connectivity index (χ4n) is 3.66. The van der Waals surface area contributed by atoms with E-state index in [2.05, 4.69) is 37.1 Å². The summed E-state index contributed by atoms with van der Waals surface area (Å²) in [6, 6.07) is 14.9. The van der Waals surface area contributed by atoms with Gasteiger partial charge in [-0.1, -0.05) is 38.5 Å².